The molecule has 4 heterocycles. The number of hydrogen-bond acceptors (Lipinski definition) is 14. The minimum Gasteiger partial charge on any atom is -0.493 e. The average Bonchev–Trinajstić information content (AvgIpc) is 4.24. The van der Waals surface area contributed by atoms with Crippen molar-refractivity contribution in [3.63, 3.8) is 0 Å². The van der Waals surface area contributed by atoms with Gasteiger partial charge in [0.1, 0.15) is 29.3 Å². The fraction of sp³-hybridized carbons (Fsp3) is 0.492. The molecule has 1 fully saturated rings. The molecule has 6 aromatic rings. The molecule has 4 amide bonds. The van der Waals surface area contributed by atoms with E-state index >= 15 is 0 Å². The molecule has 4 N–H and O–H groups in total. The lowest BCUT2D eigenvalue weighted by Crippen LogP contribution is -2.57. The highest BCUT2D eigenvalue weighted by Crippen LogP contribution is 2.41. The number of benzene rings is 3. The lowest BCUT2D eigenvalue weighted by molar-refractivity contribution is -0.144. The molecule has 0 spiro atoms. The van der Waals surface area contributed by atoms with Crippen LogP contribution in [0.25, 0.3) is 32.5 Å². The van der Waals surface area contributed by atoms with E-state index in [1.165, 1.54) is 4.90 Å². The molecule has 1 aliphatic heterocycles. The zero-order valence-corrected chi connectivity index (χ0v) is 49.7. The summed E-state index contributed by atoms with van der Waals surface area (Å²) in [5.41, 5.74) is 8.44. The van der Waals surface area contributed by atoms with Crippen molar-refractivity contribution in [1.82, 2.24) is 35.4 Å². The summed E-state index contributed by atoms with van der Waals surface area (Å²) in [6.45, 7) is 18.0. The lowest BCUT2D eigenvalue weighted by Gasteiger charge is -2.35. The number of carbonyl (C=O) groups is 4. The number of β-amino-alcohol motifs (C(OH)–C–C–N with tert-alkyl or cyclic N) is 1. The first-order valence-electron chi connectivity index (χ1n) is 27.4. The summed E-state index contributed by atoms with van der Waals surface area (Å²) >= 11 is 3.24. The van der Waals surface area contributed by atoms with Crippen molar-refractivity contribution in [2.75, 3.05) is 33.1 Å². The Morgan fingerprint density at radius 2 is 1.59 bits per heavy atom. The number of thiazole rings is 1. The third kappa shape index (κ3) is 15.6. The number of methoxy groups -OCH3 is 2. The van der Waals surface area contributed by atoms with Crippen LogP contribution in [0.2, 0.25) is 0 Å². The summed E-state index contributed by atoms with van der Waals surface area (Å²) in [5.74, 6) is 1.66. The summed E-state index contributed by atoms with van der Waals surface area (Å²) in [6, 6.07) is 18.4. The predicted octanol–water partition coefficient (Wildman–Crippen LogP) is 11.7. The van der Waals surface area contributed by atoms with Gasteiger partial charge in [0, 0.05) is 55.4 Å². The van der Waals surface area contributed by atoms with E-state index in [0.717, 1.165) is 91.8 Å². The van der Waals surface area contributed by atoms with Gasteiger partial charge in [0.25, 0.3) is 0 Å². The molecule has 0 saturated carbocycles. The molecule has 3 aromatic heterocycles. The Hall–Kier alpha value is -6.63. The first kappa shape index (κ1) is 60.0. The number of aliphatic hydroxyl groups excluding tert-OH is 1. The summed E-state index contributed by atoms with van der Waals surface area (Å²) < 4.78 is 17.5. The number of rotatable bonds is 23. The van der Waals surface area contributed by atoms with Crippen LogP contribution in [0.5, 0.6) is 11.5 Å². The van der Waals surface area contributed by atoms with E-state index in [1.807, 2.05) is 109 Å². The molecule has 4 atom stereocenters. The van der Waals surface area contributed by atoms with Gasteiger partial charge in [0.05, 0.1) is 48.0 Å². The highest BCUT2D eigenvalue weighted by molar-refractivity contribution is 7.13. The molecule has 1 unspecified atom stereocenters. The minimum atomic E-state index is -0.881. The van der Waals surface area contributed by atoms with Crippen LogP contribution in [0, 0.1) is 19.3 Å². The number of aliphatic hydroxyl groups is 1. The van der Waals surface area contributed by atoms with Crippen LogP contribution in [0.4, 0.5) is 10.6 Å². The molecule has 0 bridgehead atoms. The van der Waals surface area contributed by atoms with Gasteiger partial charge < -0.3 is 45.1 Å². The number of nitrogens with zero attached hydrogens (tertiary/aromatic N) is 5. The van der Waals surface area contributed by atoms with Crippen molar-refractivity contribution in [2.24, 2.45) is 5.41 Å². The number of aromatic nitrogens is 3. The van der Waals surface area contributed by atoms with Crippen LogP contribution >= 0.6 is 22.7 Å². The third-order valence-electron chi connectivity index (χ3n) is 14.2. The summed E-state index contributed by atoms with van der Waals surface area (Å²) in [7, 11) is 5.05. The van der Waals surface area contributed by atoms with Gasteiger partial charge in [0.2, 0.25) is 17.7 Å². The number of ether oxygens (including phenoxy) is 3. The third-order valence-corrected chi connectivity index (χ3v) is 16.3. The number of aryl methyl sites for hydroxylation is 3. The smallest absolute Gasteiger partial charge is 0.410 e. The van der Waals surface area contributed by atoms with Gasteiger partial charge in [-0.2, -0.15) is 0 Å². The monoisotopic (exact) mass is 1120 g/mol. The molecule has 3 aromatic carbocycles. The quantitative estimate of drug-likeness (QED) is 0.0444. The number of fused-ring (bicyclic) bond motifs is 1. The standard InChI is InChI=1S/C61H80N8O8S2/c1-37(50-29-43(35-78-50)45-22-20-19-21-42(45)33-68(10)59(74)77-61(7,8)9)64-56-47-31-49(75-11)53(76-12)46(52(47)65-39(3)66-56)23-17-15-13-14-16-18-24-51(71)67-55(60(4,5)6)58(73)69-34-44(70)30-48(69)57(72)62-32-40-25-27-41(28-26-40)54-38(2)63-36-79-54/h19-22,25-29,31,35-37,44,48,55,70H,13-18,23-24,30,32-34H2,1-12H3,(H,62,72)(H,67,71)(H,64,65,66)/t37-,44+,48-,55?/m0/s1. The molecule has 0 radical (unpaired) electrons. The van der Waals surface area contributed by atoms with Gasteiger partial charge >= 0.3 is 6.09 Å². The lowest BCUT2D eigenvalue weighted by atomic mass is 9.85. The van der Waals surface area contributed by atoms with Crippen molar-refractivity contribution < 1.29 is 38.5 Å². The second kappa shape index (κ2) is 26.6. The number of nitrogens with one attached hydrogen (secondary N) is 3. The second-order valence-electron chi connectivity index (χ2n) is 22.8. The fourth-order valence-electron chi connectivity index (χ4n) is 10.0. The number of unbranched alkanes of at least 4 members (excludes halogenated alkanes) is 5. The SMILES string of the molecule is COc1cc2c(N[C@@H](C)c3cc(-c4ccccc4CN(C)C(=O)OC(C)(C)C)cs3)nc(C)nc2c(CCCCCCCCC(=O)NC(C(=O)N2C[C@H](O)C[C@H]2C(=O)NCc2ccc(-c3scnc3C)cc2)C(C)(C)C)c1OC. The minimum absolute atomic E-state index is 0.0171. The van der Waals surface area contributed by atoms with Gasteiger partial charge in [-0.15, -0.1) is 22.7 Å². The Morgan fingerprint density at radius 3 is 2.27 bits per heavy atom. The van der Waals surface area contributed by atoms with Gasteiger partial charge in [-0.25, -0.2) is 19.7 Å². The van der Waals surface area contributed by atoms with Gasteiger partial charge in [-0.3, -0.25) is 14.4 Å². The van der Waals surface area contributed by atoms with Crippen molar-refractivity contribution >= 4 is 63.2 Å². The van der Waals surface area contributed by atoms with E-state index in [-0.39, 0.29) is 55.8 Å². The molecule has 16 nitrogen and oxygen atoms in total. The Labute approximate surface area is 474 Å². The number of likely N-dealkylation sites (tertiary alicyclic amines) is 1. The molecule has 18 heteroatoms. The maximum absolute atomic E-state index is 14.2. The fourth-order valence-corrected chi connectivity index (χ4v) is 11.8. The Bertz CT molecular complexity index is 3070. The zero-order valence-electron chi connectivity index (χ0n) is 48.1. The normalized spacial score (nSPS) is 15.4. The summed E-state index contributed by atoms with van der Waals surface area (Å²) in [4.78, 5) is 73.5. The molecular weight excluding hydrogens is 1040 g/mol. The van der Waals surface area contributed by atoms with E-state index in [9.17, 15) is 24.3 Å². The Morgan fingerprint density at radius 1 is 0.886 bits per heavy atom. The zero-order chi connectivity index (χ0) is 57.2. The molecule has 1 saturated heterocycles. The van der Waals surface area contributed by atoms with Crippen LogP contribution in [0.15, 0.2) is 71.6 Å². The van der Waals surface area contributed by atoms with Crippen LogP contribution in [0.1, 0.15) is 139 Å². The molecule has 424 valence electrons. The number of hydrogen-bond donors (Lipinski definition) is 4. The van der Waals surface area contributed by atoms with Crippen molar-refractivity contribution in [2.45, 2.75) is 163 Å². The predicted molar refractivity (Wildman–Crippen MR) is 315 cm³/mol. The summed E-state index contributed by atoms with van der Waals surface area (Å²) in [5, 5.41) is 23.3. The van der Waals surface area contributed by atoms with Crippen LogP contribution in [-0.4, -0.2) is 105 Å². The van der Waals surface area contributed by atoms with Gasteiger partial charge in [-0.05, 0) is 112 Å². The molecular formula is C61H80N8O8S2. The van der Waals surface area contributed by atoms with E-state index in [1.54, 1.807) is 48.8 Å². The topological polar surface area (TPSA) is 197 Å². The van der Waals surface area contributed by atoms with Crippen molar-refractivity contribution in [3.8, 4) is 33.1 Å². The molecule has 0 aliphatic carbocycles. The van der Waals surface area contributed by atoms with Gasteiger partial charge in [-0.1, -0.05) is 95.0 Å². The van der Waals surface area contributed by atoms with E-state index in [2.05, 4.69) is 45.4 Å². The molecule has 1 aliphatic rings. The first-order chi connectivity index (χ1) is 37.5. The maximum atomic E-state index is 14.2. The maximum Gasteiger partial charge on any atom is 0.410 e. The second-order valence-corrected chi connectivity index (χ2v) is 24.6. The van der Waals surface area contributed by atoms with Crippen LogP contribution in [0.3, 0.4) is 0 Å². The highest BCUT2D eigenvalue weighted by atomic mass is 32.1. The number of anilines is 1. The van der Waals surface area contributed by atoms with Crippen LogP contribution < -0.4 is 25.4 Å². The number of carbonyl (C=O) groups excluding carboxylic acids is 4. The molecule has 79 heavy (non-hydrogen) atoms. The average molecular weight is 1120 g/mol. The summed E-state index contributed by atoms with van der Waals surface area (Å²) in [6.07, 6.45) is 5.15. The van der Waals surface area contributed by atoms with Crippen molar-refractivity contribution in [1.29, 1.82) is 0 Å². The first-order valence-corrected chi connectivity index (χ1v) is 29.2. The molecule has 7 rings (SSSR count). The van der Waals surface area contributed by atoms with E-state index < -0.39 is 29.2 Å². The largest absolute Gasteiger partial charge is 0.493 e. The Balaban J connectivity index is 0.903. The highest BCUT2D eigenvalue weighted by Gasteiger charge is 2.44. The van der Waals surface area contributed by atoms with E-state index in [4.69, 9.17) is 24.2 Å². The van der Waals surface area contributed by atoms with E-state index in [0.29, 0.717) is 42.5 Å². The van der Waals surface area contributed by atoms with Gasteiger partial charge in [0.15, 0.2) is 11.5 Å². The number of amides is 4. The van der Waals surface area contributed by atoms with Crippen LogP contribution in [-0.2, 0) is 38.6 Å². The number of thiophene rings is 1. The van der Waals surface area contributed by atoms with Crippen molar-refractivity contribution in [3.05, 3.63) is 105 Å². The Kier molecular flexibility index (Phi) is 20.2.